The Labute approximate surface area is 215 Å². The molecule has 0 radical (unpaired) electrons. The van der Waals surface area contributed by atoms with Gasteiger partial charge >= 0.3 is 6.03 Å². The van der Waals surface area contributed by atoms with E-state index in [0.29, 0.717) is 18.0 Å². The second kappa shape index (κ2) is 11.6. The minimum atomic E-state index is -0.430. The number of urea groups is 1. The smallest absolute Gasteiger partial charge is 0.339 e. The zero-order valence-electron chi connectivity index (χ0n) is 20.7. The van der Waals surface area contributed by atoms with Crippen molar-refractivity contribution < 1.29 is 14.3 Å². The molecule has 0 unspecified atom stereocenters. The summed E-state index contributed by atoms with van der Waals surface area (Å²) in [6, 6.07) is 21.2. The summed E-state index contributed by atoms with van der Waals surface area (Å²) in [4.78, 5) is 14.7. The van der Waals surface area contributed by atoms with Gasteiger partial charge < -0.3 is 19.7 Å². The predicted molar refractivity (Wildman–Crippen MR) is 145 cm³/mol. The third-order valence-electron chi connectivity index (χ3n) is 6.22. The van der Waals surface area contributed by atoms with Gasteiger partial charge in [0.15, 0.2) is 0 Å². The number of hydrazone groups is 1. The van der Waals surface area contributed by atoms with Crippen molar-refractivity contribution in [2.45, 2.75) is 20.0 Å². The minimum Gasteiger partial charge on any atom is -0.488 e. The number of hydrogen-bond acceptors (Lipinski definition) is 6. The molecule has 2 heterocycles. The molecule has 0 aliphatic carbocycles. The third-order valence-corrected chi connectivity index (χ3v) is 6.22. The summed E-state index contributed by atoms with van der Waals surface area (Å²) >= 11 is 0. The number of nitrogens with zero attached hydrogens (tertiary/aromatic N) is 3. The number of rotatable bonds is 8. The van der Waals surface area contributed by atoms with Crippen molar-refractivity contribution in [3.8, 4) is 5.75 Å². The Balaban J connectivity index is 1.25. The zero-order valence-corrected chi connectivity index (χ0v) is 20.7. The quantitative estimate of drug-likeness (QED) is 0.241. The van der Waals surface area contributed by atoms with Gasteiger partial charge in [0.2, 0.25) is 0 Å². The van der Waals surface area contributed by atoms with E-state index in [9.17, 15) is 4.79 Å². The number of benzene rings is 3. The summed E-state index contributed by atoms with van der Waals surface area (Å²) in [5, 5.41) is 15.4. The average Bonchev–Trinajstić information content (AvgIpc) is 3.35. The number of amides is 2. The molecule has 0 atom stereocenters. The Morgan fingerprint density at radius 3 is 2.68 bits per heavy atom. The van der Waals surface area contributed by atoms with Crippen LogP contribution in [0.4, 0.5) is 16.2 Å². The van der Waals surface area contributed by atoms with E-state index < -0.39 is 6.03 Å². The number of hydrogen-bond donors (Lipinski definition) is 3. The largest absolute Gasteiger partial charge is 0.488 e. The van der Waals surface area contributed by atoms with Crippen LogP contribution in [-0.4, -0.2) is 48.7 Å². The van der Waals surface area contributed by atoms with Crippen LogP contribution in [0.25, 0.3) is 10.9 Å². The van der Waals surface area contributed by atoms with Crippen LogP contribution in [0.3, 0.4) is 0 Å². The molecule has 9 heteroatoms. The number of H-pyrrole nitrogens is 1. The van der Waals surface area contributed by atoms with Crippen molar-refractivity contribution in [1.29, 1.82) is 0 Å². The maximum Gasteiger partial charge on any atom is 0.339 e. The minimum absolute atomic E-state index is 0.413. The highest BCUT2D eigenvalue weighted by Gasteiger charge is 2.12. The van der Waals surface area contributed by atoms with Gasteiger partial charge in [-0.15, -0.1) is 0 Å². The van der Waals surface area contributed by atoms with Crippen LogP contribution in [0.1, 0.15) is 23.7 Å². The second-order valence-corrected chi connectivity index (χ2v) is 8.70. The van der Waals surface area contributed by atoms with E-state index in [1.54, 1.807) is 6.21 Å². The molecule has 2 amide bonds. The maximum atomic E-state index is 12.4. The van der Waals surface area contributed by atoms with E-state index >= 15 is 0 Å². The van der Waals surface area contributed by atoms with Crippen LogP contribution < -0.4 is 20.4 Å². The van der Waals surface area contributed by atoms with Crippen LogP contribution in [0.2, 0.25) is 0 Å². The van der Waals surface area contributed by atoms with Crippen LogP contribution in [0, 0.1) is 0 Å². The van der Waals surface area contributed by atoms with Crippen LogP contribution >= 0.6 is 0 Å². The molecule has 4 aromatic rings. The molecule has 37 heavy (non-hydrogen) atoms. The standard InChI is InChI=1S/C28H30N6O3/c1-2-25-24-16-21(27(17-26(24)32-31-25)37-19-20-6-4-3-5-7-20)18-29-33-28(35)30-22-8-10-23(11-9-22)34-12-14-36-15-13-34/h3-11,16-18H,2,12-15,19H2,1H3,(H,31,32)(H2,30,33,35)/b29-18+. The fourth-order valence-corrected chi connectivity index (χ4v) is 4.24. The van der Waals surface area contributed by atoms with E-state index in [4.69, 9.17) is 9.47 Å². The molecule has 3 N–H and O–H groups in total. The number of ether oxygens (including phenoxy) is 2. The molecular weight excluding hydrogens is 468 g/mol. The molecule has 9 nitrogen and oxygen atoms in total. The van der Waals surface area contributed by atoms with Gasteiger partial charge in [-0.25, -0.2) is 10.2 Å². The SMILES string of the molecule is CCc1n[nH]c2cc(OCc3ccccc3)c(/C=N/NC(=O)Nc3ccc(N4CCOCC4)cc3)cc12. The molecule has 190 valence electrons. The molecule has 3 aromatic carbocycles. The first-order valence-corrected chi connectivity index (χ1v) is 12.4. The van der Waals surface area contributed by atoms with Crippen molar-refractivity contribution >= 4 is 34.5 Å². The molecule has 0 bridgehead atoms. The fraction of sp³-hybridized carbons (Fsp3) is 0.250. The topological polar surface area (TPSA) is 104 Å². The number of aromatic amines is 1. The second-order valence-electron chi connectivity index (χ2n) is 8.70. The van der Waals surface area contributed by atoms with Gasteiger partial charge in [0.25, 0.3) is 0 Å². The first-order valence-electron chi connectivity index (χ1n) is 12.4. The molecule has 1 fully saturated rings. The van der Waals surface area contributed by atoms with Gasteiger partial charge in [-0.3, -0.25) is 5.10 Å². The monoisotopic (exact) mass is 498 g/mol. The maximum absolute atomic E-state index is 12.4. The number of morpholine rings is 1. The number of aryl methyl sites for hydroxylation is 1. The van der Waals surface area contributed by atoms with E-state index in [-0.39, 0.29) is 0 Å². The number of aromatic nitrogens is 2. The van der Waals surface area contributed by atoms with E-state index in [1.807, 2.05) is 66.7 Å². The van der Waals surface area contributed by atoms with Gasteiger partial charge in [-0.2, -0.15) is 10.2 Å². The number of nitrogens with one attached hydrogen (secondary N) is 3. The normalized spacial score (nSPS) is 13.7. The molecule has 5 rings (SSSR count). The Morgan fingerprint density at radius 1 is 1.14 bits per heavy atom. The Kier molecular flexibility index (Phi) is 7.61. The number of carbonyl (C=O) groups excluding carboxylic acids is 1. The summed E-state index contributed by atoms with van der Waals surface area (Å²) in [7, 11) is 0. The molecular formula is C28H30N6O3. The highest BCUT2D eigenvalue weighted by molar-refractivity contribution is 5.95. The van der Waals surface area contributed by atoms with Crippen molar-refractivity contribution in [3.63, 3.8) is 0 Å². The van der Waals surface area contributed by atoms with Crippen LogP contribution in [0.5, 0.6) is 5.75 Å². The lowest BCUT2D eigenvalue weighted by Crippen LogP contribution is -2.36. The van der Waals surface area contributed by atoms with Crippen molar-refractivity contribution in [2.75, 3.05) is 36.5 Å². The van der Waals surface area contributed by atoms with Gasteiger partial charge in [-0.1, -0.05) is 37.3 Å². The highest BCUT2D eigenvalue weighted by Crippen LogP contribution is 2.27. The van der Waals surface area contributed by atoms with Crippen LogP contribution in [0.15, 0.2) is 71.8 Å². The molecule has 1 saturated heterocycles. The first kappa shape index (κ1) is 24.3. The van der Waals surface area contributed by atoms with E-state index in [1.165, 1.54) is 0 Å². The summed E-state index contributed by atoms with van der Waals surface area (Å²) in [5.41, 5.74) is 7.99. The Bertz CT molecular complexity index is 1360. The molecule has 0 saturated carbocycles. The summed E-state index contributed by atoms with van der Waals surface area (Å²) in [6.07, 6.45) is 2.39. The number of fused-ring (bicyclic) bond motifs is 1. The lowest BCUT2D eigenvalue weighted by molar-refractivity contribution is 0.122. The predicted octanol–water partition coefficient (Wildman–Crippen LogP) is 4.70. The van der Waals surface area contributed by atoms with E-state index in [2.05, 4.69) is 37.9 Å². The molecule has 1 aliphatic rings. The molecule has 1 aromatic heterocycles. The van der Waals surface area contributed by atoms with Crippen molar-refractivity contribution in [1.82, 2.24) is 15.6 Å². The summed E-state index contributed by atoms with van der Waals surface area (Å²) < 4.78 is 11.5. The summed E-state index contributed by atoms with van der Waals surface area (Å²) in [5.74, 6) is 0.646. The highest BCUT2D eigenvalue weighted by atomic mass is 16.5. The van der Waals surface area contributed by atoms with Crippen molar-refractivity contribution in [2.24, 2.45) is 5.10 Å². The van der Waals surface area contributed by atoms with Crippen LogP contribution in [-0.2, 0) is 17.8 Å². The third kappa shape index (κ3) is 6.07. The fourth-order valence-electron chi connectivity index (χ4n) is 4.24. The Morgan fingerprint density at radius 2 is 1.92 bits per heavy atom. The van der Waals surface area contributed by atoms with Gasteiger partial charge in [0.05, 0.1) is 30.6 Å². The molecule has 0 spiro atoms. The first-order chi connectivity index (χ1) is 18.2. The zero-order chi connectivity index (χ0) is 25.5. The van der Waals surface area contributed by atoms with Gasteiger partial charge in [0, 0.05) is 41.5 Å². The lowest BCUT2D eigenvalue weighted by atomic mass is 10.1. The number of carbonyl (C=O) groups is 1. The average molecular weight is 499 g/mol. The van der Waals surface area contributed by atoms with Crippen molar-refractivity contribution in [3.05, 3.63) is 83.6 Å². The Hall–Kier alpha value is -4.37. The molecule has 1 aliphatic heterocycles. The van der Waals surface area contributed by atoms with Gasteiger partial charge in [-0.05, 0) is 42.3 Å². The van der Waals surface area contributed by atoms with E-state index in [0.717, 1.165) is 66.1 Å². The van der Waals surface area contributed by atoms with Gasteiger partial charge in [0.1, 0.15) is 12.4 Å². The lowest BCUT2D eigenvalue weighted by Gasteiger charge is -2.28. The summed E-state index contributed by atoms with van der Waals surface area (Å²) in [6.45, 7) is 5.66. The number of anilines is 2.